The first-order chi connectivity index (χ1) is 8.43. The highest BCUT2D eigenvalue weighted by molar-refractivity contribution is 5.94. The van der Waals surface area contributed by atoms with Crippen LogP contribution in [0.5, 0.6) is 5.88 Å². The molecule has 0 bridgehead atoms. The minimum absolute atomic E-state index is 0.0589. The number of hydrogen-bond donors (Lipinski definition) is 1. The van der Waals surface area contributed by atoms with Crippen molar-refractivity contribution in [1.29, 1.82) is 0 Å². The lowest BCUT2D eigenvalue weighted by molar-refractivity contribution is -0.167. The molecule has 1 aromatic rings. The minimum atomic E-state index is -4.92. The first-order valence-corrected chi connectivity index (χ1v) is 4.89. The highest BCUT2D eigenvalue weighted by atomic mass is 19.4. The summed E-state index contributed by atoms with van der Waals surface area (Å²) in [6.45, 7) is 0.645. The fraction of sp³-hybridized carbons (Fsp3) is 0.400. The Morgan fingerprint density at radius 3 is 2.61 bits per heavy atom. The van der Waals surface area contributed by atoms with Gasteiger partial charge in [-0.25, -0.2) is 4.98 Å². The maximum atomic E-state index is 11.9. The van der Waals surface area contributed by atoms with Crippen LogP contribution in [-0.4, -0.2) is 37.4 Å². The summed E-state index contributed by atoms with van der Waals surface area (Å²) in [7, 11) is 1.51. The van der Waals surface area contributed by atoms with Gasteiger partial charge in [-0.15, -0.1) is 0 Å². The predicted molar refractivity (Wildman–Crippen MR) is 56.3 cm³/mol. The molecule has 0 saturated carbocycles. The Labute approximate surface area is 101 Å². The summed E-state index contributed by atoms with van der Waals surface area (Å²) in [5, 5.41) is 1.67. The van der Waals surface area contributed by atoms with E-state index in [-0.39, 0.29) is 18.2 Å². The number of aromatic nitrogens is 1. The van der Waals surface area contributed by atoms with Crippen molar-refractivity contribution < 1.29 is 27.4 Å². The van der Waals surface area contributed by atoms with Gasteiger partial charge in [-0.3, -0.25) is 4.79 Å². The number of nitrogens with one attached hydrogen (secondary N) is 1. The van der Waals surface area contributed by atoms with E-state index in [0.29, 0.717) is 6.61 Å². The molecule has 0 saturated heterocycles. The second-order valence-electron chi connectivity index (χ2n) is 3.18. The van der Waals surface area contributed by atoms with Crippen LogP contribution in [0.25, 0.3) is 0 Å². The fourth-order valence-electron chi connectivity index (χ4n) is 0.971. The zero-order valence-corrected chi connectivity index (χ0v) is 9.45. The molecule has 1 heterocycles. The van der Waals surface area contributed by atoms with E-state index < -0.39 is 12.1 Å². The highest BCUT2D eigenvalue weighted by Gasteiger charge is 2.38. The molecule has 0 radical (unpaired) electrons. The Balaban J connectivity index is 2.53. The first kappa shape index (κ1) is 14.2. The first-order valence-electron chi connectivity index (χ1n) is 4.89. The van der Waals surface area contributed by atoms with E-state index in [1.807, 2.05) is 0 Å². The van der Waals surface area contributed by atoms with Crippen molar-refractivity contribution in [2.24, 2.45) is 0 Å². The van der Waals surface area contributed by atoms with Crippen LogP contribution < -0.4 is 10.1 Å². The molecule has 0 aliphatic carbocycles. The number of carbonyl (C=O) groups excluding carboxylic acids is 1. The second-order valence-corrected chi connectivity index (χ2v) is 3.18. The largest absolute Gasteiger partial charge is 0.475 e. The summed E-state index contributed by atoms with van der Waals surface area (Å²) in [6, 6.07) is 2.61. The molecule has 0 spiro atoms. The fourth-order valence-corrected chi connectivity index (χ4v) is 0.971. The topological polar surface area (TPSA) is 60.5 Å². The number of hydrogen-bond acceptors (Lipinski definition) is 4. The Hall–Kier alpha value is -1.83. The maximum Gasteiger partial charge on any atom is 0.471 e. The van der Waals surface area contributed by atoms with Crippen molar-refractivity contribution in [3.8, 4) is 5.88 Å². The van der Waals surface area contributed by atoms with Crippen LogP contribution in [0.3, 0.4) is 0 Å². The number of amides is 1. The van der Waals surface area contributed by atoms with Gasteiger partial charge in [0.1, 0.15) is 6.61 Å². The minimum Gasteiger partial charge on any atom is -0.475 e. The monoisotopic (exact) mass is 264 g/mol. The average Bonchev–Trinajstić information content (AvgIpc) is 2.30. The molecule has 8 heteroatoms. The third-order valence-electron chi connectivity index (χ3n) is 1.79. The number of ether oxygens (including phenoxy) is 2. The van der Waals surface area contributed by atoms with E-state index in [2.05, 4.69) is 4.98 Å². The van der Waals surface area contributed by atoms with E-state index in [1.165, 1.54) is 19.2 Å². The second kappa shape index (κ2) is 6.20. The molecule has 0 fully saturated rings. The van der Waals surface area contributed by atoms with Crippen LogP contribution in [0.1, 0.15) is 0 Å². The summed E-state index contributed by atoms with van der Waals surface area (Å²) in [6.07, 6.45) is -3.85. The van der Waals surface area contributed by atoms with Crippen LogP contribution in [0, 0.1) is 0 Å². The molecule has 0 aliphatic rings. The van der Waals surface area contributed by atoms with Crippen LogP contribution in [0.15, 0.2) is 18.3 Å². The normalized spacial score (nSPS) is 11.1. The summed E-state index contributed by atoms with van der Waals surface area (Å²) < 4.78 is 45.7. The van der Waals surface area contributed by atoms with Crippen molar-refractivity contribution >= 4 is 11.6 Å². The Morgan fingerprint density at radius 1 is 1.39 bits per heavy atom. The van der Waals surface area contributed by atoms with E-state index in [0.717, 1.165) is 6.20 Å². The predicted octanol–water partition coefficient (Wildman–Crippen LogP) is 1.61. The molecule has 18 heavy (non-hydrogen) atoms. The SMILES string of the molecule is COCCOc1ccc(NC(=O)C(F)(F)F)cn1. The number of halogens is 3. The van der Waals surface area contributed by atoms with Crippen molar-refractivity contribution in [2.75, 3.05) is 25.6 Å². The van der Waals surface area contributed by atoms with Crippen molar-refractivity contribution in [3.63, 3.8) is 0 Å². The summed E-state index contributed by atoms with van der Waals surface area (Å²) in [5.41, 5.74) is -0.0589. The van der Waals surface area contributed by atoms with Crippen LogP contribution in [0.2, 0.25) is 0 Å². The molecule has 0 unspecified atom stereocenters. The van der Waals surface area contributed by atoms with Gasteiger partial charge in [0.15, 0.2) is 0 Å². The van der Waals surface area contributed by atoms with Crippen molar-refractivity contribution in [1.82, 2.24) is 4.98 Å². The quantitative estimate of drug-likeness (QED) is 0.821. The van der Waals surface area contributed by atoms with Crippen molar-refractivity contribution in [3.05, 3.63) is 18.3 Å². The van der Waals surface area contributed by atoms with Gasteiger partial charge >= 0.3 is 12.1 Å². The molecule has 1 rings (SSSR count). The number of anilines is 1. The number of nitrogens with zero attached hydrogens (tertiary/aromatic N) is 1. The Morgan fingerprint density at radius 2 is 2.11 bits per heavy atom. The smallest absolute Gasteiger partial charge is 0.471 e. The van der Waals surface area contributed by atoms with Gasteiger partial charge < -0.3 is 14.8 Å². The lowest BCUT2D eigenvalue weighted by Gasteiger charge is -2.08. The summed E-state index contributed by atoms with van der Waals surface area (Å²) >= 11 is 0. The van der Waals surface area contributed by atoms with Gasteiger partial charge in [-0.05, 0) is 6.07 Å². The van der Waals surface area contributed by atoms with E-state index >= 15 is 0 Å². The zero-order valence-electron chi connectivity index (χ0n) is 9.45. The number of pyridine rings is 1. The molecule has 1 amide bonds. The average molecular weight is 264 g/mol. The van der Waals surface area contributed by atoms with E-state index in [4.69, 9.17) is 9.47 Å². The molecule has 0 aliphatic heterocycles. The maximum absolute atomic E-state index is 11.9. The highest BCUT2D eigenvalue weighted by Crippen LogP contribution is 2.18. The Kier molecular flexibility index (Phi) is 4.90. The lowest BCUT2D eigenvalue weighted by Crippen LogP contribution is -2.29. The summed E-state index contributed by atoms with van der Waals surface area (Å²) in [4.78, 5) is 14.3. The number of rotatable bonds is 5. The molecule has 1 aromatic heterocycles. The van der Waals surface area contributed by atoms with Gasteiger partial charge in [0.2, 0.25) is 5.88 Å². The summed E-state index contributed by atoms with van der Waals surface area (Å²) in [5.74, 6) is -1.81. The van der Waals surface area contributed by atoms with Crippen LogP contribution >= 0.6 is 0 Å². The third kappa shape index (κ3) is 4.58. The van der Waals surface area contributed by atoms with Crippen molar-refractivity contribution in [2.45, 2.75) is 6.18 Å². The van der Waals surface area contributed by atoms with Gasteiger partial charge in [0.05, 0.1) is 18.5 Å². The molecule has 1 N–H and O–H groups in total. The standard InChI is InChI=1S/C10H11F3N2O3/c1-17-4-5-18-8-3-2-7(6-14-8)15-9(16)10(11,12)13/h2-3,6H,4-5H2,1H3,(H,15,16). The van der Waals surface area contributed by atoms with Gasteiger partial charge in [-0.1, -0.05) is 0 Å². The molecule has 5 nitrogen and oxygen atoms in total. The molecular formula is C10H11F3N2O3. The van der Waals surface area contributed by atoms with Gasteiger partial charge in [0, 0.05) is 13.2 Å². The molecule has 0 atom stereocenters. The number of carbonyl (C=O) groups is 1. The zero-order chi connectivity index (χ0) is 13.6. The molecule has 100 valence electrons. The number of methoxy groups -OCH3 is 1. The van der Waals surface area contributed by atoms with Gasteiger partial charge in [-0.2, -0.15) is 13.2 Å². The van der Waals surface area contributed by atoms with E-state index in [9.17, 15) is 18.0 Å². The number of alkyl halides is 3. The van der Waals surface area contributed by atoms with E-state index in [1.54, 1.807) is 5.32 Å². The van der Waals surface area contributed by atoms with Crippen LogP contribution in [0.4, 0.5) is 18.9 Å². The lowest BCUT2D eigenvalue weighted by atomic mass is 10.4. The Bertz CT molecular complexity index is 392. The van der Waals surface area contributed by atoms with Crippen LogP contribution in [-0.2, 0) is 9.53 Å². The molecular weight excluding hydrogens is 253 g/mol. The van der Waals surface area contributed by atoms with Gasteiger partial charge in [0.25, 0.3) is 0 Å². The molecule has 0 aromatic carbocycles. The third-order valence-corrected chi connectivity index (χ3v) is 1.79.